The van der Waals surface area contributed by atoms with Crippen LogP contribution in [0.1, 0.15) is 18.5 Å². The van der Waals surface area contributed by atoms with Crippen LogP contribution in [-0.2, 0) is 13.0 Å². The van der Waals surface area contributed by atoms with Crippen molar-refractivity contribution in [3.8, 4) is 11.4 Å². The van der Waals surface area contributed by atoms with E-state index in [0.717, 1.165) is 24.4 Å². The summed E-state index contributed by atoms with van der Waals surface area (Å²) >= 11 is 5.95. The van der Waals surface area contributed by atoms with Gasteiger partial charge in [0.15, 0.2) is 0 Å². The highest BCUT2D eigenvalue weighted by atomic mass is 35.5. The van der Waals surface area contributed by atoms with Gasteiger partial charge < -0.3 is 4.57 Å². The van der Waals surface area contributed by atoms with Crippen molar-refractivity contribution in [2.75, 3.05) is 0 Å². The third kappa shape index (κ3) is 1.61. The van der Waals surface area contributed by atoms with Crippen LogP contribution in [0.15, 0.2) is 24.7 Å². The Bertz CT molecular complexity index is 519. The lowest BCUT2D eigenvalue weighted by Gasteiger charge is -2.16. The van der Waals surface area contributed by atoms with Crippen molar-refractivity contribution in [3.63, 3.8) is 0 Å². The molecule has 82 valence electrons. The summed E-state index contributed by atoms with van der Waals surface area (Å²) in [5, 5.41) is 0.658. The molecule has 2 aromatic heterocycles. The third-order valence-corrected chi connectivity index (χ3v) is 3.17. The van der Waals surface area contributed by atoms with E-state index in [9.17, 15) is 0 Å². The zero-order chi connectivity index (χ0) is 11.0. The van der Waals surface area contributed by atoms with E-state index in [1.54, 1.807) is 6.20 Å². The molecule has 0 unspecified atom stereocenters. The molecule has 4 heteroatoms. The van der Waals surface area contributed by atoms with Gasteiger partial charge in [0.1, 0.15) is 5.82 Å². The number of imidazole rings is 1. The van der Waals surface area contributed by atoms with Gasteiger partial charge in [-0.3, -0.25) is 4.98 Å². The summed E-state index contributed by atoms with van der Waals surface area (Å²) in [5.41, 5.74) is 2.32. The second kappa shape index (κ2) is 3.91. The molecule has 0 N–H and O–H groups in total. The van der Waals surface area contributed by atoms with Gasteiger partial charge in [-0.05, 0) is 25.3 Å². The molecule has 0 amide bonds. The van der Waals surface area contributed by atoms with E-state index in [-0.39, 0.29) is 0 Å². The Labute approximate surface area is 99.1 Å². The molecule has 3 rings (SSSR count). The van der Waals surface area contributed by atoms with Crippen molar-refractivity contribution >= 4 is 11.6 Å². The van der Waals surface area contributed by atoms with Gasteiger partial charge >= 0.3 is 0 Å². The summed E-state index contributed by atoms with van der Waals surface area (Å²) in [6.07, 6.45) is 9.04. The predicted octanol–water partition coefficient (Wildman–Crippen LogP) is 2.93. The van der Waals surface area contributed by atoms with Gasteiger partial charge in [-0.1, -0.05) is 11.6 Å². The van der Waals surface area contributed by atoms with Crippen molar-refractivity contribution in [3.05, 3.63) is 35.4 Å². The van der Waals surface area contributed by atoms with Crippen molar-refractivity contribution in [2.24, 2.45) is 0 Å². The average molecular weight is 234 g/mol. The van der Waals surface area contributed by atoms with Crippen molar-refractivity contribution in [2.45, 2.75) is 25.8 Å². The number of halogens is 1. The fraction of sp³-hybridized carbons (Fsp3) is 0.333. The van der Waals surface area contributed by atoms with Crippen LogP contribution in [-0.4, -0.2) is 14.5 Å². The zero-order valence-electron chi connectivity index (χ0n) is 8.86. The minimum absolute atomic E-state index is 0.658. The number of rotatable bonds is 1. The standard InChI is InChI=1S/C12H12ClN3/c13-10-5-9(6-14-7-10)12-15-8-11-3-1-2-4-16(11)12/h5-8H,1-4H2. The molecule has 0 fully saturated rings. The number of hydrogen-bond donors (Lipinski definition) is 0. The molecule has 3 heterocycles. The molecular formula is C12H12ClN3. The molecule has 0 aromatic carbocycles. The first-order valence-electron chi connectivity index (χ1n) is 5.50. The van der Waals surface area contributed by atoms with Crippen molar-refractivity contribution in [1.29, 1.82) is 0 Å². The van der Waals surface area contributed by atoms with Gasteiger partial charge in [-0.15, -0.1) is 0 Å². The van der Waals surface area contributed by atoms with Crippen LogP contribution in [0.25, 0.3) is 11.4 Å². The van der Waals surface area contributed by atoms with Gasteiger partial charge in [-0.25, -0.2) is 4.98 Å². The van der Waals surface area contributed by atoms with Crippen LogP contribution in [0.5, 0.6) is 0 Å². The van der Waals surface area contributed by atoms with Crippen LogP contribution in [0.4, 0.5) is 0 Å². The lowest BCUT2D eigenvalue weighted by atomic mass is 10.1. The molecule has 1 aliphatic rings. The first-order chi connectivity index (χ1) is 7.84. The predicted molar refractivity (Wildman–Crippen MR) is 63.4 cm³/mol. The number of hydrogen-bond acceptors (Lipinski definition) is 2. The zero-order valence-corrected chi connectivity index (χ0v) is 9.61. The minimum atomic E-state index is 0.658. The molecule has 0 saturated heterocycles. The van der Waals surface area contributed by atoms with Crippen LogP contribution in [0.2, 0.25) is 5.02 Å². The number of fused-ring (bicyclic) bond motifs is 1. The van der Waals surface area contributed by atoms with E-state index in [1.165, 1.54) is 18.5 Å². The molecule has 0 atom stereocenters. The summed E-state index contributed by atoms with van der Waals surface area (Å²) in [6, 6.07) is 1.92. The monoisotopic (exact) mass is 233 g/mol. The highest BCUT2D eigenvalue weighted by Crippen LogP contribution is 2.25. The van der Waals surface area contributed by atoms with Crippen LogP contribution >= 0.6 is 11.6 Å². The second-order valence-electron chi connectivity index (χ2n) is 4.07. The number of pyridine rings is 1. The summed E-state index contributed by atoms with van der Waals surface area (Å²) in [7, 11) is 0. The highest BCUT2D eigenvalue weighted by molar-refractivity contribution is 6.30. The normalized spacial score (nSPS) is 14.8. The molecule has 2 aromatic rings. The van der Waals surface area contributed by atoms with E-state index in [0.29, 0.717) is 5.02 Å². The smallest absolute Gasteiger partial charge is 0.141 e. The van der Waals surface area contributed by atoms with Crippen molar-refractivity contribution < 1.29 is 0 Å². The van der Waals surface area contributed by atoms with Crippen LogP contribution in [0.3, 0.4) is 0 Å². The Morgan fingerprint density at radius 1 is 1.19 bits per heavy atom. The van der Waals surface area contributed by atoms with Crippen LogP contribution < -0.4 is 0 Å². The first-order valence-corrected chi connectivity index (χ1v) is 5.88. The Hall–Kier alpha value is -1.35. The molecule has 0 aliphatic carbocycles. The summed E-state index contributed by atoms with van der Waals surface area (Å²) in [6.45, 7) is 1.05. The molecule has 1 aliphatic heterocycles. The topological polar surface area (TPSA) is 30.7 Å². The maximum absolute atomic E-state index is 5.95. The molecule has 3 nitrogen and oxygen atoms in total. The molecule has 0 spiro atoms. The maximum atomic E-state index is 5.95. The SMILES string of the molecule is Clc1cncc(-c2ncc3n2CCCC3)c1. The summed E-state index contributed by atoms with van der Waals surface area (Å²) < 4.78 is 2.27. The lowest BCUT2D eigenvalue weighted by molar-refractivity contribution is 0.536. The second-order valence-corrected chi connectivity index (χ2v) is 4.51. The van der Waals surface area contributed by atoms with Gasteiger partial charge in [0, 0.05) is 36.4 Å². The van der Waals surface area contributed by atoms with Gasteiger partial charge in [0.25, 0.3) is 0 Å². The number of aryl methyl sites for hydroxylation is 1. The highest BCUT2D eigenvalue weighted by Gasteiger charge is 2.15. The van der Waals surface area contributed by atoms with Gasteiger partial charge in [0.05, 0.1) is 5.02 Å². The molecule has 16 heavy (non-hydrogen) atoms. The van der Waals surface area contributed by atoms with E-state index < -0.39 is 0 Å². The number of aromatic nitrogens is 3. The average Bonchev–Trinajstić information content (AvgIpc) is 2.72. The Morgan fingerprint density at radius 2 is 2.12 bits per heavy atom. The van der Waals surface area contributed by atoms with E-state index in [4.69, 9.17) is 11.6 Å². The van der Waals surface area contributed by atoms with Crippen LogP contribution in [0, 0.1) is 0 Å². The first kappa shape index (κ1) is 9.85. The summed E-state index contributed by atoms with van der Waals surface area (Å²) in [4.78, 5) is 8.58. The molecule has 0 saturated carbocycles. The number of nitrogens with zero attached hydrogens (tertiary/aromatic N) is 3. The Balaban J connectivity index is 2.09. The Kier molecular flexibility index (Phi) is 2.40. The molecule has 0 radical (unpaired) electrons. The minimum Gasteiger partial charge on any atom is -0.328 e. The maximum Gasteiger partial charge on any atom is 0.141 e. The quantitative estimate of drug-likeness (QED) is 0.758. The summed E-state index contributed by atoms with van der Waals surface area (Å²) in [5.74, 6) is 0.990. The van der Waals surface area contributed by atoms with Gasteiger partial charge in [0.2, 0.25) is 0 Å². The van der Waals surface area contributed by atoms with Gasteiger partial charge in [-0.2, -0.15) is 0 Å². The molecule has 0 bridgehead atoms. The largest absolute Gasteiger partial charge is 0.328 e. The van der Waals surface area contributed by atoms with E-state index in [2.05, 4.69) is 14.5 Å². The fourth-order valence-corrected chi connectivity index (χ4v) is 2.37. The molecular weight excluding hydrogens is 222 g/mol. The van der Waals surface area contributed by atoms with E-state index in [1.807, 2.05) is 18.5 Å². The Morgan fingerprint density at radius 3 is 3.00 bits per heavy atom. The van der Waals surface area contributed by atoms with E-state index >= 15 is 0 Å². The van der Waals surface area contributed by atoms with Crippen molar-refractivity contribution in [1.82, 2.24) is 14.5 Å². The third-order valence-electron chi connectivity index (χ3n) is 2.97. The lowest BCUT2D eigenvalue weighted by Crippen LogP contribution is -2.10. The fourth-order valence-electron chi connectivity index (χ4n) is 2.20.